The lowest BCUT2D eigenvalue weighted by Crippen LogP contribution is -2.02. The maximum Gasteiger partial charge on any atom is 0.347 e. The summed E-state index contributed by atoms with van der Waals surface area (Å²) >= 11 is 0. The molecular weight excluding hydrogens is 214 g/mol. The Balaban J connectivity index is 2.44. The fourth-order valence-electron chi connectivity index (χ4n) is 1.49. The summed E-state index contributed by atoms with van der Waals surface area (Å²) in [4.78, 5) is 16.0. The van der Waals surface area contributed by atoms with Crippen LogP contribution in [0.15, 0.2) is 39.6 Å². The predicted octanol–water partition coefficient (Wildman–Crippen LogP) is 3.25. The van der Waals surface area contributed by atoms with E-state index in [2.05, 4.69) is 18.8 Å². The van der Waals surface area contributed by atoms with Crippen molar-refractivity contribution < 1.29 is 4.42 Å². The van der Waals surface area contributed by atoms with E-state index in [-0.39, 0.29) is 5.63 Å². The van der Waals surface area contributed by atoms with Crippen molar-refractivity contribution in [3.05, 3.63) is 46.7 Å². The highest BCUT2D eigenvalue weighted by Crippen LogP contribution is 2.10. The first kappa shape index (κ1) is 11.6. The van der Waals surface area contributed by atoms with Gasteiger partial charge in [-0.25, -0.2) is 9.78 Å². The molecule has 0 N–H and O–H groups in total. The zero-order chi connectivity index (χ0) is 12.3. The maximum absolute atomic E-state index is 11.7. The third-order valence-corrected chi connectivity index (χ3v) is 2.76. The normalized spacial score (nSPS) is 13.3. The van der Waals surface area contributed by atoms with Crippen LogP contribution in [0.25, 0.3) is 17.0 Å². The van der Waals surface area contributed by atoms with Gasteiger partial charge < -0.3 is 4.42 Å². The Hall–Kier alpha value is -1.90. The summed E-state index contributed by atoms with van der Waals surface area (Å²) in [5, 5.41) is 0.521. The minimum atomic E-state index is -0.334. The maximum atomic E-state index is 11.7. The van der Waals surface area contributed by atoms with Gasteiger partial charge in [-0.05, 0) is 24.1 Å². The summed E-state index contributed by atoms with van der Waals surface area (Å²) in [7, 11) is 0. The molecule has 0 spiro atoms. The SMILES string of the molecule is CCC(C)C=Cc1nc2ccccc2c(=O)o1. The molecule has 2 rings (SSSR count). The third kappa shape index (κ3) is 2.61. The van der Waals surface area contributed by atoms with E-state index in [4.69, 9.17) is 4.42 Å². The lowest BCUT2D eigenvalue weighted by molar-refractivity contribution is 0.489. The minimum Gasteiger partial charge on any atom is -0.404 e. The number of benzene rings is 1. The second-order valence-electron chi connectivity index (χ2n) is 4.10. The van der Waals surface area contributed by atoms with Gasteiger partial charge in [0.1, 0.15) is 0 Å². The smallest absolute Gasteiger partial charge is 0.347 e. The molecule has 0 bridgehead atoms. The van der Waals surface area contributed by atoms with E-state index in [0.29, 0.717) is 22.7 Å². The van der Waals surface area contributed by atoms with Crippen LogP contribution in [-0.4, -0.2) is 4.98 Å². The number of hydrogen-bond acceptors (Lipinski definition) is 3. The van der Waals surface area contributed by atoms with Gasteiger partial charge in [0.15, 0.2) is 0 Å². The van der Waals surface area contributed by atoms with Crippen molar-refractivity contribution in [2.45, 2.75) is 20.3 Å². The molecule has 1 atom stereocenters. The second kappa shape index (κ2) is 4.95. The number of allylic oxidation sites excluding steroid dienone is 1. The molecule has 0 amide bonds. The van der Waals surface area contributed by atoms with Crippen molar-refractivity contribution in [3.8, 4) is 0 Å². The molecule has 1 aromatic carbocycles. The monoisotopic (exact) mass is 229 g/mol. The van der Waals surface area contributed by atoms with Gasteiger partial charge in [-0.2, -0.15) is 0 Å². The standard InChI is InChI=1S/C14H15NO2/c1-3-10(2)8-9-13-15-12-7-5-4-6-11(12)14(16)17-13/h4-10H,3H2,1-2H3. The van der Waals surface area contributed by atoms with E-state index in [1.54, 1.807) is 18.2 Å². The van der Waals surface area contributed by atoms with Crippen molar-refractivity contribution in [2.75, 3.05) is 0 Å². The fourth-order valence-corrected chi connectivity index (χ4v) is 1.49. The van der Waals surface area contributed by atoms with E-state index >= 15 is 0 Å². The summed E-state index contributed by atoms with van der Waals surface area (Å²) in [5.74, 6) is 0.822. The number of aromatic nitrogens is 1. The first-order valence-electron chi connectivity index (χ1n) is 5.78. The van der Waals surface area contributed by atoms with Crippen molar-refractivity contribution in [2.24, 2.45) is 5.92 Å². The molecule has 17 heavy (non-hydrogen) atoms. The minimum absolute atomic E-state index is 0.334. The number of hydrogen-bond donors (Lipinski definition) is 0. The summed E-state index contributed by atoms with van der Waals surface area (Å²) in [6.45, 7) is 4.22. The lowest BCUT2D eigenvalue weighted by Gasteiger charge is -1.99. The molecule has 0 saturated heterocycles. The molecule has 0 aliphatic rings. The van der Waals surface area contributed by atoms with Crippen molar-refractivity contribution in [3.63, 3.8) is 0 Å². The van der Waals surface area contributed by atoms with Crippen LogP contribution in [0.5, 0.6) is 0 Å². The molecule has 1 aromatic heterocycles. The summed E-state index contributed by atoms with van der Waals surface area (Å²) < 4.78 is 5.13. The van der Waals surface area contributed by atoms with E-state index < -0.39 is 0 Å². The first-order valence-corrected chi connectivity index (χ1v) is 5.78. The first-order chi connectivity index (χ1) is 8.20. The topological polar surface area (TPSA) is 43.1 Å². The van der Waals surface area contributed by atoms with Crippen LogP contribution in [0.1, 0.15) is 26.2 Å². The molecule has 0 saturated carbocycles. The zero-order valence-corrected chi connectivity index (χ0v) is 10.0. The Morgan fingerprint density at radius 1 is 1.41 bits per heavy atom. The molecule has 3 heteroatoms. The Kier molecular flexibility index (Phi) is 3.38. The van der Waals surface area contributed by atoms with Crippen LogP contribution in [-0.2, 0) is 0 Å². The van der Waals surface area contributed by atoms with E-state index in [0.717, 1.165) is 6.42 Å². The zero-order valence-electron chi connectivity index (χ0n) is 10.0. The molecule has 3 nitrogen and oxygen atoms in total. The van der Waals surface area contributed by atoms with Crippen molar-refractivity contribution >= 4 is 17.0 Å². The fraction of sp³-hybridized carbons (Fsp3) is 0.286. The molecule has 0 aliphatic carbocycles. The van der Waals surface area contributed by atoms with Gasteiger partial charge in [-0.15, -0.1) is 0 Å². The molecule has 0 fully saturated rings. The molecule has 1 heterocycles. The average Bonchev–Trinajstić information content (AvgIpc) is 2.36. The molecule has 0 radical (unpaired) electrons. The number of rotatable bonds is 3. The summed E-state index contributed by atoms with van der Waals surface area (Å²) in [5.41, 5.74) is 0.340. The van der Waals surface area contributed by atoms with Crippen LogP contribution in [0.4, 0.5) is 0 Å². The molecule has 2 aromatic rings. The second-order valence-corrected chi connectivity index (χ2v) is 4.10. The highest BCUT2D eigenvalue weighted by atomic mass is 16.4. The van der Waals surface area contributed by atoms with Crippen molar-refractivity contribution in [1.29, 1.82) is 0 Å². The highest BCUT2D eigenvalue weighted by Gasteiger charge is 2.03. The predicted molar refractivity (Wildman–Crippen MR) is 68.8 cm³/mol. The van der Waals surface area contributed by atoms with Gasteiger partial charge in [-0.1, -0.05) is 38.5 Å². The molecule has 0 aliphatic heterocycles. The van der Waals surface area contributed by atoms with Crippen molar-refractivity contribution in [1.82, 2.24) is 4.98 Å². The molecular formula is C14H15NO2. The molecule has 1 unspecified atom stereocenters. The van der Waals surface area contributed by atoms with Crippen LogP contribution >= 0.6 is 0 Å². The van der Waals surface area contributed by atoms with Gasteiger partial charge in [0.2, 0.25) is 5.89 Å². The van der Waals surface area contributed by atoms with Crippen LogP contribution < -0.4 is 5.63 Å². The number of nitrogens with zero attached hydrogens (tertiary/aromatic N) is 1. The van der Waals surface area contributed by atoms with Crippen LogP contribution in [0, 0.1) is 5.92 Å². The Bertz CT molecular complexity index is 598. The lowest BCUT2D eigenvalue weighted by atomic mass is 10.1. The van der Waals surface area contributed by atoms with Crippen LogP contribution in [0.3, 0.4) is 0 Å². The third-order valence-electron chi connectivity index (χ3n) is 2.76. The summed E-state index contributed by atoms with van der Waals surface area (Å²) in [6.07, 6.45) is 4.82. The number of fused-ring (bicyclic) bond motifs is 1. The Labute approximate surface area is 99.8 Å². The van der Waals surface area contributed by atoms with Gasteiger partial charge in [0.25, 0.3) is 0 Å². The van der Waals surface area contributed by atoms with Gasteiger partial charge in [0, 0.05) is 0 Å². The van der Waals surface area contributed by atoms with Gasteiger partial charge >= 0.3 is 5.63 Å². The highest BCUT2D eigenvalue weighted by molar-refractivity contribution is 5.77. The van der Waals surface area contributed by atoms with E-state index in [1.165, 1.54) is 0 Å². The summed E-state index contributed by atoms with van der Waals surface area (Å²) in [6, 6.07) is 7.19. The quantitative estimate of drug-likeness (QED) is 0.811. The average molecular weight is 229 g/mol. The molecule has 88 valence electrons. The van der Waals surface area contributed by atoms with E-state index in [9.17, 15) is 4.79 Å². The largest absolute Gasteiger partial charge is 0.404 e. The van der Waals surface area contributed by atoms with E-state index in [1.807, 2.05) is 18.2 Å². The Morgan fingerprint density at radius 3 is 2.94 bits per heavy atom. The Morgan fingerprint density at radius 2 is 2.18 bits per heavy atom. The van der Waals surface area contributed by atoms with Gasteiger partial charge in [-0.3, -0.25) is 0 Å². The number of para-hydroxylation sites is 1. The van der Waals surface area contributed by atoms with Gasteiger partial charge in [0.05, 0.1) is 10.9 Å². The van der Waals surface area contributed by atoms with Crippen LogP contribution in [0.2, 0.25) is 0 Å².